The van der Waals surface area contributed by atoms with Gasteiger partial charge in [-0.1, -0.05) is 34.1 Å². The summed E-state index contributed by atoms with van der Waals surface area (Å²) >= 11 is 4.49. The Kier molecular flexibility index (Phi) is 5.11. The summed E-state index contributed by atoms with van der Waals surface area (Å²) in [5.41, 5.74) is 0.569. The van der Waals surface area contributed by atoms with E-state index in [0.717, 1.165) is 21.4 Å². The van der Waals surface area contributed by atoms with Crippen LogP contribution in [0.5, 0.6) is 0 Å². The molecular formula is C16H10BrN3OS. The SMILES string of the molecule is C=CCn1c(=C(C#N)C#N)sc(=Cc2ccc(Br)cc2)c1=O. The summed E-state index contributed by atoms with van der Waals surface area (Å²) < 4.78 is 3.18. The molecule has 0 amide bonds. The van der Waals surface area contributed by atoms with Crippen LogP contribution in [0.15, 0.2) is 46.2 Å². The van der Waals surface area contributed by atoms with E-state index in [1.54, 1.807) is 12.2 Å². The summed E-state index contributed by atoms with van der Waals surface area (Å²) in [6, 6.07) is 11.2. The molecule has 108 valence electrons. The Hall–Kier alpha value is -2.41. The molecule has 2 aromatic rings. The van der Waals surface area contributed by atoms with Crippen LogP contribution >= 0.6 is 27.3 Å². The molecule has 1 aromatic carbocycles. The van der Waals surface area contributed by atoms with Gasteiger partial charge in [0.25, 0.3) is 5.56 Å². The van der Waals surface area contributed by atoms with E-state index in [1.165, 1.54) is 4.57 Å². The fraction of sp³-hybridized carbons (Fsp3) is 0.0625. The number of rotatable bonds is 3. The maximum Gasteiger partial charge on any atom is 0.269 e. The van der Waals surface area contributed by atoms with Crippen LogP contribution in [0.2, 0.25) is 0 Å². The quantitative estimate of drug-likeness (QED) is 0.773. The van der Waals surface area contributed by atoms with Crippen LogP contribution in [0, 0.1) is 22.7 Å². The van der Waals surface area contributed by atoms with Gasteiger partial charge in [0.1, 0.15) is 16.8 Å². The topological polar surface area (TPSA) is 69.6 Å². The minimum absolute atomic E-state index is 0.0700. The molecule has 0 atom stereocenters. The van der Waals surface area contributed by atoms with Crippen molar-refractivity contribution in [1.82, 2.24) is 4.57 Å². The highest BCUT2D eigenvalue weighted by molar-refractivity contribution is 9.10. The predicted molar refractivity (Wildman–Crippen MR) is 90.4 cm³/mol. The van der Waals surface area contributed by atoms with E-state index in [2.05, 4.69) is 22.5 Å². The van der Waals surface area contributed by atoms with Crippen molar-refractivity contribution in [2.24, 2.45) is 0 Å². The lowest BCUT2D eigenvalue weighted by molar-refractivity contribution is 0.775. The van der Waals surface area contributed by atoms with Gasteiger partial charge >= 0.3 is 0 Å². The van der Waals surface area contributed by atoms with Crippen molar-refractivity contribution in [3.63, 3.8) is 0 Å². The zero-order valence-corrected chi connectivity index (χ0v) is 13.8. The highest BCUT2D eigenvalue weighted by Gasteiger charge is 2.07. The molecule has 0 fully saturated rings. The van der Waals surface area contributed by atoms with Gasteiger partial charge in [-0.05, 0) is 23.8 Å². The van der Waals surface area contributed by atoms with Gasteiger partial charge in [-0.15, -0.1) is 17.9 Å². The highest BCUT2D eigenvalue weighted by atomic mass is 79.9. The van der Waals surface area contributed by atoms with E-state index in [1.807, 2.05) is 36.4 Å². The number of aromatic nitrogens is 1. The first-order valence-corrected chi connectivity index (χ1v) is 7.84. The van der Waals surface area contributed by atoms with Crippen LogP contribution in [0.1, 0.15) is 5.56 Å². The van der Waals surface area contributed by atoms with Crippen LogP contribution in [-0.4, -0.2) is 4.57 Å². The molecule has 0 spiro atoms. The van der Waals surface area contributed by atoms with Gasteiger partial charge in [0.05, 0.1) is 4.53 Å². The molecular weight excluding hydrogens is 362 g/mol. The average molecular weight is 372 g/mol. The number of hydrogen-bond acceptors (Lipinski definition) is 4. The summed E-state index contributed by atoms with van der Waals surface area (Å²) in [5.74, 6) is 0. The number of nitrogens with zero attached hydrogens (tertiary/aromatic N) is 3. The number of benzene rings is 1. The number of halogens is 1. The third-order valence-corrected chi connectivity index (χ3v) is 4.48. The zero-order chi connectivity index (χ0) is 16.1. The number of hydrogen-bond donors (Lipinski definition) is 0. The Morgan fingerprint density at radius 2 is 1.95 bits per heavy atom. The molecule has 0 aliphatic heterocycles. The van der Waals surface area contributed by atoms with Crippen LogP contribution in [-0.2, 0) is 6.54 Å². The Bertz CT molecular complexity index is 953. The first-order valence-electron chi connectivity index (χ1n) is 6.23. The van der Waals surface area contributed by atoms with E-state index in [0.29, 0.717) is 9.20 Å². The zero-order valence-electron chi connectivity index (χ0n) is 11.4. The molecule has 0 aliphatic carbocycles. The first-order chi connectivity index (χ1) is 10.6. The van der Waals surface area contributed by atoms with E-state index in [-0.39, 0.29) is 17.7 Å². The summed E-state index contributed by atoms with van der Waals surface area (Å²) in [7, 11) is 0. The van der Waals surface area contributed by atoms with E-state index in [4.69, 9.17) is 10.5 Å². The summed E-state index contributed by atoms with van der Waals surface area (Å²) in [4.78, 5) is 12.4. The van der Waals surface area contributed by atoms with Crippen molar-refractivity contribution < 1.29 is 0 Å². The number of thiazole rings is 1. The lowest BCUT2D eigenvalue weighted by atomic mass is 10.2. The average Bonchev–Trinajstić information content (AvgIpc) is 2.81. The number of nitriles is 2. The fourth-order valence-electron chi connectivity index (χ4n) is 1.83. The molecule has 1 aromatic heterocycles. The third kappa shape index (κ3) is 3.25. The molecule has 0 saturated carbocycles. The summed E-state index contributed by atoms with van der Waals surface area (Å²) in [5, 5.41) is 18.1. The van der Waals surface area contributed by atoms with Gasteiger partial charge in [0, 0.05) is 11.0 Å². The monoisotopic (exact) mass is 371 g/mol. The van der Waals surface area contributed by atoms with E-state index < -0.39 is 0 Å². The molecule has 6 heteroatoms. The van der Waals surface area contributed by atoms with Crippen molar-refractivity contribution >= 4 is 38.9 Å². The largest absolute Gasteiger partial charge is 0.293 e. The minimum Gasteiger partial charge on any atom is -0.293 e. The summed E-state index contributed by atoms with van der Waals surface area (Å²) in [6.07, 6.45) is 3.31. The maximum absolute atomic E-state index is 12.4. The molecule has 0 radical (unpaired) electrons. The smallest absolute Gasteiger partial charge is 0.269 e. The molecule has 4 nitrogen and oxygen atoms in total. The normalized spacial score (nSPS) is 10.8. The van der Waals surface area contributed by atoms with Gasteiger partial charge in [0.15, 0.2) is 5.57 Å². The standard InChI is InChI=1S/C16H10BrN3OS/c1-2-7-20-15(21)14(22-16(20)12(9-18)10-19)8-11-3-5-13(17)6-4-11/h2-6,8H,1,7H2. The van der Waals surface area contributed by atoms with Crippen molar-refractivity contribution in [3.8, 4) is 12.1 Å². The van der Waals surface area contributed by atoms with Gasteiger partial charge in [-0.3, -0.25) is 9.36 Å². The van der Waals surface area contributed by atoms with Gasteiger partial charge in [0.2, 0.25) is 0 Å². The Labute approximate surface area is 139 Å². The van der Waals surface area contributed by atoms with Crippen LogP contribution in [0.3, 0.4) is 0 Å². The first kappa shape index (κ1) is 16.0. The van der Waals surface area contributed by atoms with E-state index >= 15 is 0 Å². The lowest BCUT2D eigenvalue weighted by Crippen LogP contribution is -2.31. The molecule has 22 heavy (non-hydrogen) atoms. The Morgan fingerprint density at radius 3 is 2.50 bits per heavy atom. The summed E-state index contributed by atoms with van der Waals surface area (Å²) in [6.45, 7) is 3.86. The second-order valence-electron chi connectivity index (χ2n) is 4.27. The molecule has 0 N–H and O–H groups in total. The molecule has 0 unspecified atom stereocenters. The molecule has 1 heterocycles. The van der Waals surface area contributed by atoms with Crippen LogP contribution in [0.25, 0.3) is 11.6 Å². The third-order valence-electron chi connectivity index (χ3n) is 2.82. The van der Waals surface area contributed by atoms with Crippen molar-refractivity contribution in [2.75, 3.05) is 0 Å². The second kappa shape index (κ2) is 7.04. The van der Waals surface area contributed by atoms with Gasteiger partial charge in [-0.2, -0.15) is 10.5 Å². The van der Waals surface area contributed by atoms with Crippen molar-refractivity contribution in [3.05, 3.63) is 66.5 Å². The van der Waals surface area contributed by atoms with Gasteiger partial charge < -0.3 is 0 Å². The van der Waals surface area contributed by atoms with E-state index in [9.17, 15) is 4.79 Å². The molecule has 0 saturated heterocycles. The Balaban J connectivity index is 2.78. The molecule has 0 bridgehead atoms. The van der Waals surface area contributed by atoms with Crippen molar-refractivity contribution in [2.45, 2.75) is 6.54 Å². The fourth-order valence-corrected chi connectivity index (χ4v) is 3.16. The maximum atomic E-state index is 12.4. The van der Waals surface area contributed by atoms with Crippen molar-refractivity contribution in [1.29, 1.82) is 10.5 Å². The molecule has 0 aliphatic rings. The van der Waals surface area contributed by atoms with Crippen LogP contribution in [0.4, 0.5) is 0 Å². The van der Waals surface area contributed by atoms with Crippen LogP contribution < -0.4 is 14.8 Å². The number of allylic oxidation sites excluding steroid dienone is 1. The lowest BCUT2D eigenvalue weighted by Gasteiger charge is -1.94. The molecule has 2 rings (SSSR count). The highest BCUT2D eigenvalue weighted by Crippen LogP contribution is 2.10. The van der Waals surface area contributed by atoms with Gasteiger partial charge in [-0.25, -0.2) is 0 Å². The second-order valence-corrected chi connectivity index (χ2v) is 6.22. The Morgan fingerprint density at radius 1 is 1.32 bits per heavy atom. The predicted octanol–water partition coefficient (Wildman–Crippen LogP) is 1.88. The minimum atomic E-state index is -0.231.